The molecule has 0 radical (unpaired) electrons. The van der Waals surface area contributed by atoms with Gasteiger partial charge >= 0.3 is 177 Å². The van der Waals surface area contributed by atoms with Gasteiger partial charge in [0.05, 0.1) is 17.9 Å². The summed E-state index contributed by atoms with van der Waals surface area (Å²) in [6.07, 6.45) is -2.12. The quantitative estimate of drug-likeness (QED) is 0.233. The van der Waals surface area contributed by atoms with Crippen molar-refractivity contribution in [2.24, 2.45) is 17.2 Å². The van der Waals surface area contributed by atoms with Crippen molar-refractivity contribution in [2.75, 3.05) is 0 Å². The van der Waals surface area contributed by atoms with E-state index in [0.29, 0.717) is 0 Å². The number of carbonyl (C=O) groups excluding carboxylic acids is 6. The van der Waals surface area contributed by atoms with Gasteiger partial charge in [-0.25, -0.2) is 0 Å². The van der Waals surface area contributed by atoms with Crippen molar-refractivity contribution < 1.29 is 237 Å². The zero-order chi connectivity index (χ0) is 22.3. The zero-order valence-corrected chi connectivity index (χ0v) is 31.5. The third kappa shape index (κ3) is 52.0. The molecular weight excluding hydrogens is 516 g/mol. The molecule has 3 unspecified atom stereocenters. The van der Waals surface area contributed by atoms with Crippen LogP contribution in [0.15, 0.2) is 0 Å². The van der Waals surface area contributed by atoms with Crippen LogP contribution in [-0.2, 0) is 28.8 Å². The Morgan fingerprint density at radius 1 is 0.424 bits per heavy atom. The summed E-state index contributed by atoms with van der Waals surface area (Å²) < 4.78 is 0. The molecule has 0 aliphatic carbocycles. The Morgan fingerprint density at radius 2 is 0.545 bits per heavy atom. The smallest absolute Gasteiger partial charge is 0.550 e. The van der Waals surface area contributed by atoms with Crippen LogP contribution in [0.5, 0.6) is 0 Å². The Morgan fingerprint density at radius 3 is 0.576 bits per heavy atom. The minimum absolute atomic E-state index is 0. The molecule has 0 bridgehead atoms. The van der Waals surface area contributed by atoms with E-state index in [0.717, 1.165) is 0 Å². The van der Waals surface area contributed by atoms with Gasteiger partial charge in [0.1, 0.15) is 0 Å². The molecule has 0 heterocycles. The van der Waals surface area contributed by atoms with Crippen LogP contribution in [0.25, 0.3) is 0 Å². The summed E-state index contributed by atoms with van der Waals surface area (Å²) in [5.41, 5.74) is 14.2. The van der Waals surface area contributed by atoms with Gasteiger partial charge in [0.2, 0.25) is 0 Å². The second-order valence-corrected chi connectivity index (χ2v) is 4.50. The molecule has 0 amide bonds. The Labute approximate surface area is 321 Å². The normalized spacial score (nSPS) is 10.3. The first-order chi connectivity index (χ1) is 12.1. The van der Waals surface area contributed by atoms with Gasteiger partial charge in [0.25, 0.3) is 0 Å². The van der Waals surface area contributed by atoms with Crippen molar-refractivity contribution in [3.63, 3.8) is 0 Å². The summed E-state index contributed by atoms with van der Waals surface area (Å²) in [4.78, 5) is 58.0. The molecule has 6 N–H and O–H groups in total. The van der Waals surface area contributed by atoms with Crippen molar-refractivity contribution in [1.29, 1.82) is 0 Å². The van der Waals surface area contributed by atoms with Crippen LogP contribution in [-0.4, -0.2) is 53.9 Å². The standard InChI is InChI=1S/3C4H7NO4.6Na/c3*5-2(4(8)9)1-3(6)7;;;;;;/h3*2H,1,5H2,(H,6,7)(H,8,9);;;;;;/q;;;6*+1/p-6. The zero-order valence-electron chi connectivity index (χ0n) is 19.5. The molecule has 0 aliphatic heterocycles. The Hall–Kier alpha value is 2.70. The van der Waals surface area contributed by atoms with E-state index in [4.69, 9.17) is 17.2 Å². The van der Waals surface area contributed by atoms with Crippen molar-refractivity contribution >= 4 is 35.8 Å². The number of carboxylic acid groups (broad SMARTS) is 6. The molecule has 0 rings (SSSR count). The Kier molecular flexibility index (Phi) is 67.3. The van der Waals surface area contributed by atoms with Crippen LogP contribution >= 0.6 is 0 Å². The molecular formula is C12H15N3Na6O12. The van der Waals surface area contributed by atoms with Crippen LogP contribution in [0.4, 0.5) is 0 Å². The van der Waals surface area contributed by atoms with E-state index in [1.54, 1.807) is 0 Å². The molecule has 0 spiro atoms. The molecule has 0 aromatic heterocycles. The number of aliphatic carboxylic acids is 6. The minimum Gasteiger partial charge on any atom is -0.550 e. The largest absolute Gasteiger partial charge is 1.00 e. The molecule has 15 nitrogen and oxygen atoms in total. The summed E-state index contributed by atoms with van der Waals surface area (Å²) in [5.74, 6) is -9.23. The van der Waals surface area contributed by atoms with Gasteiger partial charge in [-0.15, -0.1) is 0 Å². The third-order valence-electron chi connectivity index (χ3n) is 2.07. The summed E-state index contributed by atoms with van der Waals surface area (Å²) in [6, 6.07) is -4.39. The number of hydrogen-bond donors (Lipinski definition) is 3. The molecule has 3 atom stereocenters. The maximum Gasteiger partial charge on any atom is 1.00 e. The summed E-state index contributed by atoms with van der Waals surface area (Å²) in [5, 5.41) is 58.0. The van der Waals surface area contributed by atoms with E-state index < -0.39 is 73.2 Å². The molecule has 0 aliphatic rings. The fourth-order valence-corrected chi connectivity index (χ4v) is 0.789. The van der Waals surface area contributed by atoms with Gasteiger partial charge in [-0.3, -0.25) is 0 Å². The van der Waals surface area contributed by atoms with Crippen molar-refractivity contribution in [3.8, 4) is 0 Å². The fraction of sp³-hybridized carbons (Fsp3) is 0.500. The summed E-state index contributed by atoms with van der Waals surface area (Å²) in [7, 11) is 0. The SMILES string of the molecule is NC(CC(=O)[O-])C(=O)[O-].NC(CC(=O)[O-])C(=O)[O-].NC(CC(=O)[O-])C(=O)[O-].[Na+].[Na+].[Na+].[Na+].[Na+].[Na+]. The molecule has 33 heavy (non-hydrogen) atoms. The van der Waals surface area contributed by atoms with E-state index in [9.17, 15) is 59.4 Å². The van der Waals surface area contributed by atoms with Gasteiger partial charge < -0.3 is 76.6 Å². The molecule has 0 aromatic carbocycles. The van der Waals surface area contributed by atoms with Crippen molar-refractivity contribution in [1.82, 2.24) is 0 Å². The topological polar surface area (TPSA) is 319 Å². The second-order valence-electron chi connectivity index (χ2n) is 4.50. The van der Waals surface area contributed by atoms with Crippen LogP contribution in [0, 0.1) is 0 Å². The van der Waals surface area contributed by atoms with Crippen molar-refractivity contribution in [2.45, 2.75) is 37.4 Å². The first kappa shape index (κ1) is 60.3. The molecule has 0 saturated carbocycles. The van der Waals surface area contributed by atoms with E-state index in [-0.39, 0.29) is 177 Å². The predicted molar refractivity (Wildman–Crippen MR) is 67.8 cm³/mol. The van der Waals surface area contributed by atoms with Gasteiger partial charge in [-0.1, -0.05) is 0 Å². The van der Waals surface area contributed by atoms with Crippen LogP contribution in [0.3, 0.4) is 0 Å². The van der Waals surface area contributed by atoms with Gasteiger partial charge in [-0.2, -0.15) is 0 Å². The van der Waals surface area contributed by atoms with Crippen LogP contribution < -0.4 is 225 Å². The van der Waals surface area contributed by atoms with E-state index >= 15 is 0 Å². The average Bonchev–Trinajstić information content (AvgIpc) is 2.46. The maximum atomic E-state index is 9.71. The van der Waals surface area contributed by atoms with Crippen LogP contribution in [0.2, 0.25) is 0 Å². The number of rotatable bonds is 9. The monoisotopic (exact) mass is 531 g/mol. The fourth-order valence-electron chi connectivity index (χ4n) is 0.789. The van der Waals surface area contributed by atoms with Gasteiger partial charge in [0.15, 0.2) is 0 Å². The molecule has 21 heteroatoms. The van der Waals surface area contributed by atoms with E-state index in [1.165, 1.54) is 0 Å². The molecule has 0 saturated heterocycles. The number of carboxylic acids is 6. The summed E-state index contributed by atoms with van der Waals surface area (Å²) in [6.45, 7) is 0. The van der Waals surface area contributed by atoms with E-state index in [2.05, 4.69) is 0 Å². The maximum absolute atomic E-state index is 9.71. The predicted octanol–water partition coefficient (Wildman–Crippen LogP) is -29.4. The number of carbonyl (C=O) groups is 6. The Balaban J connectivity index is -0.0000000343. The van der Waals surface area contributed by atoms with Gasteiger partial charge in [-0.05, 0) is 0 Å². The molecule has 156 valence electrons. The average molecular weight is 531 g/mol. The first-order valence-corrected chi connectivity index (χ1v) is 6.60. The number of hydrogen-bond acceptors (Lipinski definition) is 15. The van der Waals surface area contributed by atoms with Gasteiger partial charge in [0, 0.05) is 55.3 Å². The van der Waals surface area contributed by atoms with Crippen LogP contribution in [0.1, 0.15) is 19.3 Å². The first-order valence-electron chi connectivity index (χ1n) is 6.60. The van der Waals surface area contributed by atoms with E-state index in [1.807, 2.05) is 0 Å². The molecule has 0 fully saturated rings. The summed E-state index contributed by atoms with van der Waals surface area (Å²) >= 11 is 0. The number of nitrogens with two attached hydrogens (primary N) is 3. The Bertz CT molecular complexity index is 496. The second kappa shape index (κ2) is 36.9. The molecule has 0 aromatic rings. The third-order valence-corrected chi connectivity index (χ3v) is 2.07. The minimum atomic E-state index is -1.58. The van der Waals surface area contributed by atoms with Crippen molar-refractivity contribution in [3.05, 3.63) is 0 Å².